The van der Waals surface area contributed by atoms with Gasteiger partial charge in [-0.2, -0.15) is 0 Å². The monoisotopic (exact) mass is 417 g/mol. The number of hydrogen-bond donors (Lipinski definition) is 1. The van der Waals surface area contributed by atoms with Crippen molar-refractivity contribution >= 4 is 17.7 Å². The van der Waals surface area contributed by atoms with Gasteiger partial charge in [0.05, 0.1) is 25.7 Å². The Morgan fingerprint density at radius 2 is 1.87 bits per heavy atom. The van der Waals surface area contributed by atoms with Gasteiger partial charge in [0.25, 0.3) is 5.91 Å². The van der Waals surface area contributed by atoms with Crippen LogP contribution in [0.5, 0.6) is 11.5 Å². The Bertz CT molecular complexity index is 797. The van der Waals surface area contributed by atoms with Crippen molar-refractivity contribution in [2.75, 3.05) is 40.4 Å². The van der Waals surface area contributed by atoms with Crippen LogP contribution in [0, 0.1) is 5.92 Å². The van der Waals surface area contributed by atoms with Crippen molar-refractivity contribution in [3.8, 4) is 11.5 Å². The second-order valence-electron chi connectivity index (χ2n) is 7.82. The molecular weight excluding hydrogens is 386 g/mol. The van der Waals surface area contributed by atoms with Gasteiger partial charge in [-0.1, -0.05) is 6.42 Å². The number of hydrogen-bond acceptors (Lipinski definition) is 5. The Balaban J connectivity index is 1.80. The van der Waals surface area contributed by atoms with E-state index in [0.717, 1.165) is 19.3 Å². The maximum absolute atomic E-state index is 13.2. The van der Waals surface area contributed by atoms with Crippen LogP contribution in [0.3, 0.4) is 0 Å². The zero-order valence-corrected chi connectivity index (χ0v) is 18.0. The van der Waals surface area contributed by atoms with Crippen molar-refractivity contribution in [1.82, 2.24) is 15.1 Å². The summed E-state index contributed by atoms with van der Waals surface area (Å²) in [6.07, 6.45) is 3.25. The molecule has 0 aromatic heterocycles. The van der Waals surface area contributed by atoms with Crippen LogP contribution in [0.4, 0.5) is 0 Å². The van der Waals surface area contributed by atoms with Crippen molar-refractivity contribution in [3.63, 3.8) is 0 Å². The molecule has 8 heteroatoms. The van der Waals surface area contributed by atoms with Gasteiger partial charge in [-0.25, -0.2) is 0 Å². The fourth-order valence-corrected chi connectivity index (χ4v) is 4.51. The van der Waals surface area contributed by atoms with Gasteiger partial charge in [0.2, 0.25) is 11.8 Å². The third-order valence-electron chi connectivity index (χ3n) is 6.06. The average molecular weight is 418 g/mol. The summed E-state index contributed by atoms with van der Waals surface area (Å²) in [7, 11) is 3.07. The van der Waals surface area contributed by atoms with Gasteiger partial charge in [-0.05, 0) is 31.4 Å². The molecule has 1 saturated heterocycles. The maximum Gasteiger partial charge on any atom is 0.257 e. The summed E-state index contributed by atoms with van der Waals surface area (Å²) in [5.74, 6) is 0.665. The van der Waals surface area contributed by atoms with E-state index in [1.807, 2.05) is 4.90 Å². The van der Waals surface area contributed by atoms with Gasteiger partial charge in [0.1, 0.15) is 11.5 Å². The quantitative estimate of drug-likeness (QED) is 0.809. The normalized spacial score (nSPS) is 22.6. The molecule has 3 rings (SSSR count). The third kappa shape index (κ3) is 4.68. The first kappa shape index (κ1) is 21.9. The minimum absolute atomic E-state index is 0.0198. The van der Waals surface area contributed by atoms with E-state index in [0.29, 0.717) is 49.7 Å². The number of fused-ring (bicyclic) bond motifs is 1. The molecule has 30 heavy (non-hydrogen) atoms. The molecule has 1 aliphatic carbocycles. The molecule has 1 heterocycles. The molecule has 3 amide bonds. The molecule has 1 aromatic rings. The van der Waals surface area contributed by atoms with E-state index in [-0.39, 0.29) is 29.7 Å². The first-order valence-electron chi connectivity index (χ1n) is 10.5. The molecule has 164 valence electrons. The Kier molecular flexibility index (Phi) is 7.18. The van der Waals surface area contributed by atoms with Crippen LogP contribution >= 0.6 is 0 Å². The van der Waals surface area contributed by atoms with Crippen molar-refractivity contribution in [1.29, 1.82) is 0 Å². The molecule has 1 N–H and O–H groups in total. The molecule has 0 bridgehead atoms. The van der Waals surface area contributed by atoms with Gasteiger partial charge in [0, 0.05) is 45.2 Å². The summed E-state index contributed by atoms with van der Waals surface area (Å²) in [5, 5.41) is 2.97. The lowest BCUT2D eigenvalue weighted by atomic mass is 10.0. The molecular formula is C22H31N3O5. The van der Waals surface area contributed by atoms with Gasteiger partial charge in [-0.15, -0.1) is 0 Å². The van der Waals surface area contributed by atoms with Gasteiger partial charge in [0.15, 0.2) is 0 Å². The Hall–Kier alpha value is -2.77. The number of carbonyl (C=O) groups excluding carboxylic acids is 3. The first-order chi connectivity index (χ1) is 14.5. The summed E-state index contributed by atoms with van der Waals surface area (Å²) in [4.78, 5) is 41.8. The van der Waals surface area contributed by atoms with E-state index in [2.05, 4.69) is 5.32 Å². The van der Waals surface area contributed by atoms with E-state index < -0.39 is 0 Å². The lowest BCUT2D eigenvalue weighted by molar-refractivity contribution is -0.134. The largest absolute Gasteiger partial charge is 0.497 e. The first-order valence-corrected chi connectivity index (χ1v) is 10.5. The van der Waals surface area contributed by atoms with Gasteiger partial charge >= 0.3 is 0 Å². The Labute approximate surface area is 177 Å². The van der Waals surface area contributed by atoms with E-state index in [9.17, 15) is 14.4 Å². The Morgan fingerprint density at radius 1 is 1.07 bits per heavy atom. The summed E-state index contributed by atoms with van der Waals surface area (Å²) < 4.78 is 10.6. The predicted octanol–water partition coefficient (Wildman–Crippen LogP) is 1.68. The Morgan fingerprint density at radius 3 is 2.57 bits per heavy atom. The third-order valence-corrected chi connectivity index (χ3v) is 6.06. The zero-order chi connectivity index (χ0) is 21.7. The van der Waals surface area contributed by atoms with Crippen LogP contribution in [0.2, 0.25) is 0 Å². The van der Waals surface area contributed by atoms with Crippen LogP contribution in [0.1, 0.15) is 43.0 Å². The van der Waals surface area contributed by atoms with Crippen LogP contribution in [0.15, 0.2) is 18.2 Å². The molecule has 0 radical (unpaired) electrons. The number of carbonyl (C=O) groups is 3. The second kappa shape index (κ2) is 9.82. The highest BCUT2D eigenvalue weighted by Crippen LogP contribution is 2.31. The molecule has 0 spiro atoms. The number of nitrogens with one attached hydrogen (secondary N) is 1. The fraction of sp³-hybridized carbons (Fsp3) is 0.591. The van der Waals surface area contributed by atoms with Crippen LogP contribution in [0.25, 0.3) is 0 Å². The number of methoxy groups -OCH3 is 2. The topological polar surface area (TPSA) is 88.2 Å². The number of ether oxygens (including phenoxy) is 2. The number of nitrogens with zero attached hydrogens (tertiary/aromatic N) is 2. The SMILES string of the molecule is COc1ccc(C(=O)N2CCCN(C(C)=O)C3CCCC3C(=O)NCC2)c(OC)c1. The van der Waals surface area contributed by atoms with E-state index in [1.165, 1.54) is 7.11 Å². The lowest BCUT2D eigenvalue weighted by Gasteiger charge is -2.32. The fourth-order valence-electron chi connectivity index (χ4n) is 4.51. The summed E-state index contributed by atoms with van der Waals surface area (Å²) in [5.41, 5.74) is 0.444. The summed E-state index contributed by atoms with van der Waals surface area (Å²) in [6, 6.07) is 5.05. The number of benzene rings is 1. The molecule has 2 fully saturated rings. The number of amides is 3. The highest BCUT2D eigenvalue weighted by molar-refractivity contribution is 5.97. The van der Waals surface area contributed by atoms with Gasteiger partial charge < -0.3 is 24.6 Å². The summed E-state index contributed by atoms with van der Waals surface area (Å²) in [6.45, 7) is 3.36. The molecule has 8 nitrogen and oxygen atoms in total. The van der Waals surface area contributed by atoms with E-state index in [4.69, 9.17) is 9.47 Å². The molecule has 2 atom stereocenters. The predicted molar refractivity (Wildman–Crippen MR) is 112 cm³/mol. The van der Waals surface area contributed by atoms with Crippen molar-refractivity contribution in [2.24, 2.45) is 5.92 Å². The van der Waals surface area contributed by atoms with Crippen molar-refractivity contribution in [3.05, 3.63) is 23.8 Å². The highest BCUT2D eigenvalue weighted by atomic mass is 16.5. The highest BCUT2D eigenvalue weighted by Gasteiger charge is 2.38. The molecule has 2 unspecified atom stereocenters. The maximum atomic E-state index is 13.2. The summed E-state index contributed by atoms with van der Waals surface area (Å²) >= 11 is 0. The second-order valence-corrected chi connectivity index (χ2v) is 7.82. The average Bonchev–Trinajstić information content (AvgIpc) is 3.22. The van der Waals surface area contributed by atoms with Gasteiger partial charge in [-0.3, -0.25) is 14.4 Å². The zero-order valence-electron chi connectivity index (χ0n) is 18.0. The molecule has 1 aromatic carbocycles. The molecule has 2 aliphatic rings. The molecule has 1 saturated carbocycles. The lowest BCUT2D eigenvalue weighted by Crippen LogP contribution is -2.46. The standard InChI is InChI=1S/C22H31N3O5/c1-15(26)25-12-5-11-24(13-10-23-21(27)17-6-4-7-19(17)25)22(28)18-9-8-16(29-2)14-20(18)30-3/h8-9,14,17,19H,4-7,10-13H2,1-3H3,(H,23,27). The van der Waals surface area contributed by atoms with Crippen LogP contribution in [-0.2, 0) is 9.59 Å². The molecule has 1 aliphatic heterocycles. The van der Waals surface area contributed by atoms with Crippen LogP contribution in [-0.4, -0.2) is 74.0 Å². The van der Waals surface area contributed by atoms with Crippen molar-refractivity contribution < 1.29 is 23.9 Å². The minimum Gasteiger partial charge on any atom is -0.497 e. The van der Waals surface area contributed by atoms with E-state index in [1.54, 1.807) is 37.1 Å². The van der Waals surface area contributed by atoms with E-state index >= 15 is 0 Å². The smallest absolute Gasteiger partial charge is 0.257 e. The minimum atomic E-state index is -0.169. The number of rotatable bonds is 3. The van der Waals surface area contributed by atoms with Crippen molar-refractivity contribution in [2.45, 2.75) is 38.6 Å². The van der Waals surface area contributed by atoms with Crippen LogP contribution < -0.4 is 14.8 Å².